The monoisotopic (exact) mass is 602 g/mol. The highest BCUT2D eigenvalue weighted by Crippen LogP contribution is 2.31. The molecule has 1 atom stereocenters. The maximum atomic E-state index is 10.9. The van der Waals surface area contributed by atoms with Crippen LogP contribution in [0.15, 0.2) is 66.3 Å². The number of halogens is 2. The van der Waals surface area contributed by atoms with Gasteiger partial charge in [-0.15, -0.1) is 0 Å². The number of aliphatic hydroxyl groups is 1. The number of carbonyl (C=O) groups excluding carboxylic acids is 1. The zero-order valence-corrected chi connectivity index (χ0v) is 23.4. The molecule has 1 unspecified atom stereocenters. The van der Waals surface area contributed by atoms with Crippen molar-refractivity contribution >= 4 is 38.1 Å². The Morgan fingerprint density at radius 1 is 0.743 bits per heavy atom. The zero-order chi connectivity index (χ0) is 25.7. The van der Waals surface area contributed by atoms with Gasteiger partial charge in [-0.25, -0.2) is 9.97 Å². The van der Waals surface area contributed by atoms with E-state index in [1.54, 1.807) is 6.92 Å². The Morgan fingerprint density at radius 3 is 1.51 bits per heavy atom. The molecule has 0 saturated carbocycles. The lowest BCUT2D eigenvalue weighted by Gasteiger charge is -2.04. The van der Waals surface area contributed by atoms with Crippen LogP contribution in [0.5, 0.6) is 0 Å². The van der Waals surface area contributed by atoms with Gasteiger partial charge in [-0.2, -0.15) is 0 Å². The van der Waals surface area contributed by atoms with Gasteiger partial charge in [0.25, 0.3) is 0 Å². The molecule has 2 heterocycles. The third-order valence-electron chi connectivity index (χ3n) is 5.12. The lowest BCUT2D eigenvalue weighted by molar-refractivity contribution is 0.109. The minimum Gasteiger partial charge on any atom is -0.438 e. The molecule has 8 heteroatoms. The van der Waals surface area contributed by atoms with Crippen molar-refractivity contribution in [3.8, 4) is 22.9 Å². The lowest BCUT2D eigenvalue weighted by atomic mass is 10.1. The molecule has 0 bridgehead atoms. The number of benzene rings is 2. The maximum Gasteiger partial charge on any atom is 0.227 e. The highest BCUT2D eigenvalue weighted by Gasteiger charge is 2.20. The van der Waals surface area contributed by atoms with Crippen molar-refractivity contribution in [1.82, 2.24) is 9.97 Å². The van der Waals surface area contributed by atoms with Gasteiger partial charge in [0.2, 0.25) is 11.8 Å². The second-order valence-electron chi connectivity index (χ2n) is 8.65. The second-order valence-corrected chi connectivity index (χ2v) is 10.5. The van der Waals surface area contributed by atoms with E-state index < -0.39 is 6.10 Å². The van der Waals surface area contributed by atoms with Crippen LogP contribution in [-0.2, 0) is 0 Å². The third-order valence-corrected chi connectivity index (χ3v) is 6.18. The largest absolute Gasteiger partial charge is 0.438 e. The Kier molecular flexibility index (Phi) is 9.21. The van der Waals surface area contributed by atoms with E-state index in [9.17, 15) is 9.90 Å². The number of aromatic nitrogens is 2. The molecule has 0 radical (unpaired) electrons. The van der Waals surface area contributed by atoms with Crippen LogP contribution in [0.4, 0.5) is 0 Å². The number of rotatable bonds is 6. The van der Waals surface area contributed by atoms with Gasteiger partial charge >= 0.3 is 0 Å². The van der Waals surface area contributed by atoms with Gasteiger partial charge in [-0.3, -0.25) is 4.79 Å². The first kappa shape index (κ1) is 27.0. The van der Waals surface area contributed by atoms with Gasteiger partial charge < -0.3 is 13.9 Å². The molecule has 0 aliphatic heterocycles. The van der Waals surface area contributed by atoms with Crippen LogP contribution in [0.2, 0.25) is 0 Å². The molecular formula is C27H28Br2N2O4. The summed E-state index contributed by atoms with van der Waals surface area (Å²) >= 11 is 6.76. The second kappa shape index (κ2) is 11.9. The summed E-state index contributed by atoms with van der Waals surface area (Å²) in [6.45, 7) is 9.73. The van der Waals surface area contributed by atoms with Crippen LogP contribution >= 0.6 is 31.9 Å². The Bertz CT molecular complexity index is 1230. The lowest BCUT2D eigenvalue weighted by Crippen LogP contribution is -1.97. The SMILES string of the molecule is CC(C)c1nc(-c2ccc(Br)cc2)oc1C(C)O.CC(C)c1nc(-c2ccc(Br)cc2)oc1C=O. The fourth-order valence-corrected chi connectivity index (χ4v) is 3.86. The van der Waals surface area contributed by atoms with E-state index in [2.05, 4.69) is 41.8 Å². The maximum absolute atomic E-state index is 10.9. The molecule has 4 rings (SSSR count). The smallest absolute Gasteiger partial charge is 0.227 e. The average molecular weight is 604 g/mol. The number of hydrogen-bond donors (Lipinski definition) is 1. The van der Waals surface area contributed by atoms with E-state index in [1.807, 2.05) is 76.2 Å². The molecule has 4 aromatic rings. The Labute approximate surface area is 222 Å². The minimum atomic E-state index is -0.640. The molecule has 0 saturated heterocycles. The van der Waals surface area contributed by atoms with Crippen molar-refractivity contribution in [3.05, 3.63) is 80.4 Å². The number of oxazole rings is 2. The summed E-state index contributed by atoms with van der Waals surface area (Å²) in [5, 5.41) is 9.72. The number of aliphatic hydroxyl groups excluding tert-OH is 1. The van der Waals surface area contributed by atoms with Crippen LogP contribution < -0.4 is 0 Å². The van der Waals surface area contributed by atoms with Crippen LogP contribution in [0, 0.1) is 0 Å². The molecule has 0 amide bonds. The number of carbonyl (C=O) groups is 1. The first-order valence-corrected chi connectivity index (χ1v) is 12.9. The van der Waals surface area contributed by atoms with Crippen molar-refractivity contribution < 1.29 is 18.7 Å². The van der Waals surface area contributed by atoms with E-state index in [-0.39, 0.29) is 11.8 Å². The van der Waals surface area contributed by atoms with E-state index in [0.717, 1.165) is 25.8 Å². The summed E-state index contributed by atoms with van der Waals surface area (Å²) in [5.41, 5.74) is 3.30. The van der Waals surface area contributed by atoms with Crippen LogP contribution in [0.1, 0.15) is 80.3 Å². The molecular weight excluding hydrogens is 576 g/mol. The van der Waals surface area contributed by atoms with Gasteiger partial charge in [0, 0.05) is 20.1 Å². The molecule has 2 aromatic heterocycles. The van der Waals surface area contributed by atoms with Crippen molar-refractivity contribution in [2.75, 3.05) is 0 Å². The predicted octanol–water partition coefficient (Wildman–Crippen LogP) is 8.32. The summed E-state index contributed by atoms with van der Waals surface area (Å²) in [6.07, 6.45) is 0.0733. The van der Waals surface area contributed by atoms with E-state index in [0.29, 0.717) is 35.3 Å². The topological polar surface area (TPSA) is 89.4 Å². The molecule has 0 aliphatic carbocycles. The van der Waals surface area contributed by atoms with Crippen molar-refractivity contribution in [3.63, 3.8) is 0 Å². The van der Waals surface area contributed by atoms with Gasteiger partial charge in [0.1, 0.15) is 6.10 Å². The summed E-state index contributed by atoms with van der Waals surface area (Å²) in [4.78, 5) is 19.7. The third kappa shape index (κ3) is 6.78. The standard InChI is InChI=1S/C14H16BrNO2.C13H12BrNO2/c1-8(2)12-13(9(3)17)18-14(16-12)10-4-6-11(15)7-5-10;1-8(2)12-11(7-16)17-13(15-12)9-3-5-10(14)6-4-9/h4-9,17H,1-3H3;3-8H,1-2H3. The summed E-state index contributed by atoms with van der Waals surface area (Å²) < 4.78 is 13.1. The van der Waals surface area contributed by atoms with Crippen LogP contribution in [0.25, 0.3) is 22.9 Å². The summed E-state index contributed by atoms with van der Waals surface area (Å²) in [5.74, 6) is 2.32. The molecule has 184 valence electrons. The first-order chi connectivity index (χ1) is 16.6. The highest BCUT2D eigenvalue weighted by molar-refractivity contribution is 9.10. The normalized spacial score (nSPS) is 11.9. The number of aldehydes is 1. The predicted molar refractivity (Wildman–Crippen MR) is 143 cm³/mol. The number of hydrogen-bond acceptors (Lipinski definition) is 6. The molecule has 35 heavy (non-hydrogen) atoms. The molecule has 0 aliphatic rings. The molecule has 1 N–H and O–H groups in total. The number of nitrogens with zero attached hydrogens (tertiary/aromatic N) is 2. The van der Waals surface area contributed by atoms with Crippen LogP contribution in [-0.4, -0.2) is 21.4 Å². The molecule has 0 spiro atoms. The summed E-state index contributed by atoms with van der Waals surface area (Å²) in [7, 11) is 0. The van der Waals surface area contributed by atoms with Gasteiger partial charge in [-0.05, 0) is 67.3 Å². The molecule has 2 aromatic carbocycles. The van der Waals surface area contributed by atoms with Gasteiger partial charge in [-0.1, -0.05) is 59.6 Å². The Balaban J connectivity index is 0.000000196. The van der Waals surface area contributed by atoms with Crippen molar-refractivity contribution in [2.45, 2.75) is 52.6 Å². The fourth-order valence-electron chi connectivity index (χ4n) is 3.33. The van der Waals surface area contributed by atoms with E-state index in [4.69, 9.17) is 8.83 Å². The van der Waals surface area contributed by atoms with Crippen molar-refractivity contribution in [2.24, 2.45) is 0 Å². The molecule has 0 fully saturated rings. The molecule has 6 nitrogen and oxygen atoms in total. The van der Waals surface area contributed by atoms with Crippen LogP contribution in [0.3, 0.4) is 0 Å². The fraction of sp³-hybridized carbons (Fsp3) is 0.296. The van der Waals surface area contributed by atoms with Crippen molar-refractivity contribution in [1.29, 1.82) is 0 Å². The van der Waals surface area contributed by atoms with Gasteiger partial charge in [0.05, 0.1) is 11.4 Å². The quantitative estimate of drug-likeness (QED) is 0.223. The average Bonchev–Trinajstić information content (AvgIpc) is 3.46. The van der Waals surface area contributed by atoms with E-state index in [1.165, 1.54) is 0 Å². The van der Waals surface area contributed by atoms with Gasteiger partial charge in [0.15, 0.2) is 17.8 Å². The van der Waals surface area contributed by atoms with E-state index >= 15 is 0 Å². The zero-order valence-electron chi connectivity index (χ0n) is 20.3. The summed E-state index contributed by atoms with van der Waals surface area (Å²) in [6, 6.07) is 15.4. The minimum absolute atomic E-state index is 0.170. The highest BCUT2D eigenvalue weighted by atomic mass is 79.9. The Morgan fingerprint density at radius 2 is 1.17 bits per heavy atom. The Hall–Kier alpha value is -2.55. The first-order valence-electron chi connectivity index (χ1n) is 11.3.